The van der Waals surface area contributed by atoms with Gasteiger partial charge in [-0.25, -0.2) is 0 Å². The maximum Gasteiger partial charge on any atom is 0.0992 e. The summed E-state index contributed by atoms with van der Waals surface area (Å²) in [6, 6.07) is 58.8. The second-order valence-corrected chi connectivity index (χ2v) is 13.0. The van der Waals surface area contributed by atoms with Gasteiger partial charge in [0.2, 0.25) is 0 Å². The zero-order chi connectivity index (χ0) is 33.5. The van der Waals surface area contributed by atoms with Crippen molar-refractivity contribution < 1.29 is 0 Å². The Hall–Kier alpha value is -6.62. The lowest BCUT2D eigenvalue weighted by atomic mass is 9.81. The third-order valence-electron chi connectivity index (χ3n) is 9.61. The van der Waals surface area contributed by atoms with Gasteiger partial charge in [0.05, 0.1) is 23.3 Å². The Kier molecular flexibility index (Phi) is 7.21. The van der Waals surface area contributed by atoms with Crippen LogP contribution >= 0.6 is 0 Å². The highest BCUT2D eigenvalue weighted by atomic mass is 15.1. The van der Waals surface area contributed by atoms with Crippen LogP contribution in [0.1, 0.15) is 36.1 Å². The van der Waals surface area contributed by atoms with Crippen LogP contribution in [-0.4, -0.2) is 0 Å². The van der Waals surface area contributed by atoms with Crippen molar-refractivity contribution in [2.75, 3.05) is 9.80 Å². The van der Waals surface area contributed by atoms with E-state index < -0.39 is 0 Å². The molecule has 1 aliphatic carbocycles. The minimum absolute atomic E-state index is 0.248. The van der Waals surface area contributed by atoms with Gasteiger partial charge in [0, 0.05) is 39.5 Å². The molecular weight excluding hydrogens is 597 g/mol. The Morgan fingerprint density at radius 3 is 1.47 bits per heavy atom. The Balaban J connectivity index is 1.24. The minimum Gasteiger partial charge on any atom is -0.310 e. The van der Waals surface area contributed by atoms with Crippen molar-refractivity contribution in [2.45, 2.75) is 19.3 Å². The van der Waals surface area contributed by atoms with Crippen LogP contribution in [0.3, 0.4) is 0 Å². The lowest BCUT2D eigenvalue weighted by Crippen LogP contribution is -2.16. The fourth-order valence-corrected chi connectivity index (χ4v) is 7.21. The van der Waals surface area contributed by atoms with Crippen LogP contribution in [0.2, 0.25) is 0 Å². The molecule has 0 fully saturated rings. The predicted molar refractivity (Wildman–Crippen MR) is 200 cm³/mol. The first kappa shape index (κ1) is 29.8. The van der Waals surface area contributed by atoms with Crippen LogP contribution in [0.25, 0.3) is 21.9 Å². The fraction of sp³-hybridized carbons (Fsp3) is 0.0667. The molecule has 0 saturated carbocycles. The maximum absolute atomic E-state index is 9.66. The summed E-state index contributed by atoms with van der Waals surface area (Å²) in [7, 11) is 0. The maximum atomic E-state index is 9.66. The summed E-state index contributed by atoms with van der Waals surface area (Å²) in [6.07, 6.45) is 0. The molecule has 0 atom stereocenters. The lowest BCUT2D eigenvalue weighted by Gasteiger charge is -2.28. The van der Waals surface area contributed by atoms with Crippen molar-refractivity contribution in [1.82, 2.24) is 0 Å². The third kappa shape index (κ3) is 5.17. The summed E-state index contributed by atoms with van der Waals surface area (Å²) >= 11 is 0. The van der Waals surface area contributed by atoms with Gasteiger partial charge in [0.1, 0.15) is 0 Å². The van der Waals surface area contributed by atoms with Gasteiger partial charge in [-0.3, -0.25) is 0 Å². The number of nitriles is 2. The van der Waals surface area contributed by atoms with E-state index >= 15 is 0 Å². The number of fused-ring (bicyclic) bond motifs is 4. The van der Waals surface area contributed by atoms with Gasteiger partial charge in [-0.15, -0.1) is 0 Å². The van der Waals surface area contributed by atoms with E-state index in [1.54, 1.807) is 0 Å². The molecule has 0 saturated heterocycles. The van der Waals surface area contributed by atoms with Crippen molar-refractivity contribution in [3.8, 4) is 23.3 Å². The van der Waals surface area contributed by atoms with Crippen LogP contribution in [0.15, 0.2) is 158 Å². The molecule has 0 spiro atoms. The van der Waals surface area contributed by atoms with Gasteiger partial charge in [-0.2, -0.15) is 10.5 Å². The molecule has 0 N–H and O–H groups in total. The smallest absolute Gasteiger partial charge is 0.0992 e. The molecule has 4 heteroatoms. The summed E-state index contributed by atoms with van der Waals surface area (Å²) < 4.78 is 0. The molecule has 7 aromatic carbocycles. The first-order valence-corrected chi connectivity index (χ1v) is 16.4. The SMILES string of the molecule is CC1(C)c2cc(N(c3ccccc3)c3cccc(C#N)c3)ccc2-c2cc3ccc(N(c4ccccc4)c4cccc(C#N)c4)cc3cc21. The molecule has 0 bridgehead atoms. The van der Waals surface area contributed by atoms with Gasteiger partial charge in [-0.1, -0.05) is 74.5 Å². The average Bonchev–Trinajstić information content (AvgIpc) is 3.36. The summed E-state index contributed by atoms with van der Waals surface area (Å²) in [5.41, 5.74) is 12.1. The molecule has 0 unspecified atom stereocenters. The second-order valence-electron chi connectivity index (χ2n) is 13.0. The standard InChI is InChI=1S/C45H32N4/c1-45(2)43-27-34-25-39(48(35-13-5-3-6-14-35)37-17-9-11-31(23-37)29-46)20-19-33(34)26-42(43)41-22-21-40(28-44(41)45)49(36-15-7-4-8-16-36)38-18-10-12-32(24-38)30-47/h3-28H,1-2H3. The van der Waals surface area contributed by atoms with E-state index in [0.29, 0.717) is 11.1 Å². The zero-order valence-electron chi connectivity index (χ0n) is 27.3. The van der Waals surface area contributed by atoms with Crippen LogP contribution in [0.4, 0.5) is 34.1 Å². The zero-order valence-corrected chi connectivity index (χ0v) is 27.3. The normalized spacial score (nSPS) is 12.4. The molecule has 1 aliphatic rings. The number of rotatable bonds is 6. The topological polar surface area (TPSA) is 54.1 Å². The van der Waals surface area contributed by atoms with E-state index in [4.69, 9.17) is 0 Å². The highest BCUT2D eigenvalue weighted by Crippen LogP contribution is 2.52. The van der Waals surface area contributed by atoms with Gasteiger partial charge in [0.25, 0.3) is 0 Å². The van der Waals surface area contributed by atoms with Crippen molar-refractivity contribution in [2.24, 2.45) is 0 Å². The number of hydrogen-bond donors (Lipinski definition) is 0. The van der Waals surface area contributed by atoms with Gasteiger partial charge < -0.3 is 9.80 Å². The fourth-order valence-electron chi connectivity index (χ4n) is 7.21. The first-order chi connectivity index (χ1) is 23.9. The molecule has 0 aromatic heterocycles. The van der Waals surface area contributed by atoms with E-state index in [9.17, 15) is 10.5 Å². The number of anilines is 6. The summed E-state index contributed by atoms with van der Waals surface area (Å²) in [6.45, 7) is 4.62. The monoisotopic (exact) mass is 628 g/mol. The molecule has 7 aromatic rings. The molecular formula is C45H32N4. The van der Waals surface area contributed by atoms with Crippen molar-refractivity contribution in [3.63, 3.8) is 0 Å². The largest absolute Gasteiger partial charge is 0.310 e. The molecule has 0 heterocycles. The van der Waals surface area contributed by atoms with E-state index in [1.165, 1.54) is 27.6 Å². The summed E-state index contributed by atoms with van der Waals surface area (Å²) in [5.74, 6) is 0. The Morgan fingerprint density at radius 2 is 0.898 bits per heavy atom. The molecule has 0 aliphatic heterocycles. The number of benzene rings is 7. The van der Waals surface area contributed by atoms with E-state index in [0.717, 1.165) is 39.5 Å². The van der Waals surface area contributed by atoms with Crippen LogP contribution in [-0.2, 0) is 5.41 Å². The first-order valence-electron chi connectivity index (χ1n) is 16.4. The molecule has 232 valence electrons. The molecule has 0 radical (unpaired) electrons. The molecule has 0 amide bonds. The van der Waals surface area contributed by atoms with Gasteiger partial charge in [0.15, 0.2) is 0 Å². The molecule has 4 nitrogen and oxygen atoms in total. The van der Waals surface area contributed by atoms with Crippen LogP contribution in [0, 0.1) is 22.7 Å². The Bertz CT molecular complexity index is 2450. The Labute approximate surface area is 287 Å². The highest BCUT2D eigenvalue weighted by Gasteiger charge is 2.36. The predicted octanol–water partition coefficient (Wildman–Crippen LogP) is 11.8. The van der Waals surface area contributed by atoms with Crippen molar-refractivity contribution in [1.29, 1.82) is 10.5 Å². The van der Waals surface area contributed by atoms with Gasteiger partial charge in [-0.05, 0) is 130 Å². The number of hydrogen-bond acceptors (Lipinski definition) is 4. The lowest BCUT2D eigenvalue weighted by molar-refractivity contribution is 0.661. The minimum atomic E-state index is -0.248. The average molecular weight is 629 g/mol. The Morgan fingerprint density at radius 1 is 0.408 bits per heavy atom. The quantitative estimate of drug-likeness (QED) is 0.184. The van der Waals surface area contributed by atoms with Crippen LogP contribution < -0.4 is 9.80 Å². The molecule has 8 rings (SSSR count). The summed E-state index contributed by atoms with van der Waals surface area (Å²) in [4.78, 5) is 4.43. The second kappa shape index (κ2) is 11.9. The van der Waals surface area contributed by atoms with E-state index in [2.05, 4.69) is 115 Å². The highest BCUT2D eigenvalue weighted by molar-refractivity contribution is 5.97. The third-order valence-corrected chi connectivity index (χ3v) is 9.61. The van der Waals surface area contributed by atoms with Gasteiger partial charge >= 0.3 is 0 Å². The van der Waals surface area contributed by atoms with Crippen molar-refractivity contribution in [3.05, 3.63) is 180 Å². The number of para-hydroxylation sites is 2. The number of nitrogens with zero attached hydrogens (tertiary/aromatic N) is 4. The van der Waals surface area contributed by atoms with Crippen LogP contribution in [0.5, 0.6) is 0 Å². The van der Waals surface area contributed by atoms with E-state index in [-0.39, 0.29) is 5.41 Å². The summed E-state index contributed by atoms with van der Waals surface area (Å²) in [5, 5.41) is 21.6. The van der Waals surface area contributed by atoms with Crippen molar-refractivity contribution >= 4 is 44.9 Å². The van der Waals surface area contributed by atoms with E-state index in [1.807, 2.05) is 78.9 Å². The molecule has 49 heavy (non-hydrogen) atoms.